The molecule has 0 aromatic heterocycles. The Kier molecular flexibility index (Phi) is 8.23. The normalized spacial score (nSPS) is 48.4. The number of rotatable bonds is 5. The molecule has 30 heavy (non-hydrogen) atoms. The fourth-order valence-electron chi connectivity index (χ4n) is 7.18. The van der Waals surface area contributed by atoms with Crippen LogP contribution < -0.4 is 0 Å². The summed E-state index contributed by atoms with van der Waals surface area (Å²) in [4.78, 5) is 0. The molecule has 0 bridgehead atoms. The van der Waals surface area contributed by atoms with Crippen molar-refractivity contribution in [3.63, 3.8) is 0 Å². The van der Waals surface area contributed by atoms with Crippen molar-refractivity contribution in [3.05, 3.63) is 0 Å². The summed E-state index contributed by atoms with van der Waals surface area (Å²) in [6.45, 7) is 9.68. The van der Waals surface area contributed by atoms with E-state index in [4.69, 9.17) is 9.47 Å². The van der Waals surface area contributed by atoms with E-state index < -0.39 is 0 Å². The van der Waals surface area contributed by atoms with E-state index in [1.807, 2.05) is 0 Å². The molecule has 0 spiro atoms. The quantitative estimate of drug-likeness (QED) is 0.453. The van der Waals surface area contributed by atoms with E-state index in [0.29, 0.717) is 24.4 Å². The maximum Gasteiger partial charge on any atom is 0.0581 e. The molecule has 0 saturated heterocycles. The summed E-state index contributed by atoms with van der Waals surface area (Å²) in [5, 5.41) is 0. The van der Waals surface area contributed by atoms with Crippen molar-refractivity contribution in [2.75, 3.05) is 0 Å². The van der Waals surface area contributed by atoms with Crippen molar-refractivity contribution in [1.29, 1.82) is 0 Å². The molecule has 0 aromatic rings. The van der Waals surface area contributed by atoms with Gasteiger partial charge < -0.3 is 9.47 Å². The molecule has 4 saturated carbocycles. The predicted octanol–water partition coefficient (Wildman–Crippen LogP) is 7.79. The second-order valence-corrected chi connectivity index (χ2v) is 12.1. The zero-order valence-corrected chi connectivity index (χ0v) is 20.5. The molecular formula is C28H50O2. The van der Waals surface area contributed by atoms with Gasteiger partial charge in [0.15, 0.2) is 0 Å². The van der Waals surface area contributed by atoms with Crippen molar-refractivity contribution < 1.29 is 9.47 Å². The fraction of sp³-hybridized carbons (Fsp3) is 1.00. The maximum atomic E-state index is 6.58. The molecule has 4 rings (SSSR count). The van der Waals surface area contributed by atoms with Crippen LogP contribution in [0.5, 0.6) is 0 Å². The van der Waals surface area contributed by atoms with Crippen LogP contribution in [-0.2, 0) is 9.47 Å². The van der Waals surface area contributed by atoms with E-state index in [9.17, 15) is 0 Å². The third kappa shape index (κ3) is 6.03. The Morgan fingerprint density at radius 3 is 1.03 bits per heavy atom. The fourth-order valence-corrected chi connectivity index (χ4v) is 7.18. The monoisotopic (exact) mass is 418 g/mol. The maximum absolute atomic E-state index is 6.58. The lowest BCUT2D eigenvalue weighted by molar-refractivity contribution is -0.0794. The van der Waals surface area contributed by atoms with Gasteiger partial charge in [0, 0.05) is 0 Å². The first-order valence-electron chi connectivity index (χ1n) is 13.8. The molecule has 4 fully saturated rings. The molecular weight excluding hydrogens is 368 g/mol. The van der Waals surface area contributed by atoms with E-state index in [1.54, 1.807) is 0 Å². The van der Waals surface area contributed by atoms with Gasteiger partial charge >= 0.3 is 0 Å². The van der Waals surface area contributed by atoms with E-state index in [1.165, 1.54) is 89.9 Å². The third-order valence-electron chi connectivity index (χ3n) is 9.97. The Morgan fingerprint density at radius 2 is 0.700 bits per heavy atom. The van der Waals surface area contributed by atoms with Crippen LogP contribution in [0.25, 0.3) is 0 Å². The minimum absolute atomic E-state index is 0.552. The second kappa shape index (κ2) is 10.7. The zero-order chi connectivity index (χ0) is 21.1. The molecule has 0 aromatic carbocycles. The van der Waals surface area contributed by atoms with Gasteiger partial charge in [-0.25, -0.2) is 0 Å². The minimum Gasteiger partial charge on any atom is -0.375 e. The van der Waals surface area contributed by atoms with Crippen LogP contribution in [-0.4, -0.2) is 24.4 Å². The van der Waals surface area contributed by atoms with Crippen LogP contribution >= 0.6 is 0 Å². The second-order valence-electron chi connectivity index (χ2n) is 12.1. The zero-order valence-electron chi connectivity index (χ0n) is 20.5. The molecule has 0 N–H and O–H groups in total. The summed E-state index contributed by atoms with van der Waals surface area (Å²) in [5.41, 5.74) is 0. The molecule has 6 unspecified atom stereocenters. The summed E-state index contributed by atoms with van der Waals surface area (Å²) in [7, 11) is 0. The van der Waals surface area contributed by atoms with Gasteiger partial charge in [0.25, 0.3) is 0 Å². The smallest absolute Gasteiger partial charge is 0.0581 e. The molecule has 174 valence electrons. The lowest BCUT2D eigenvalue weighted by Gasteiger charge is -2.41. The Morgan fingerprint density at radius 1 is 0.367 bits per heavy atom. The lowest BCUT2D eigenvalue weighted by atomic mass is 9.72. The highest BCUT2D eigenvalue weighted by atomic mass is 16.5. The average Bonchev–Trinajstić information content (AvgIpc) is 2.75. The van der Waals surface area contributed by atoms with Gasteiger partial charge in [0.05, 0.1) is 24.4 Å². The van der Waals surface area contributed by atoms with Crippen molar-refractivity contribution in [2.24, 2.45) is 35.5 Å². The van der Waals surface area contributed by atoms with Crippen LogP contribution in [0, 0.1) is 35.5 Å². The van der Waals surface area contributed by atoms with Crippen molar-refractivity contribution >= 4 is 0 Å². The Balaban J connectivity index is 1.13. The molecule has 2 nitrogen and oxygen atoms in total. The molecule has 0 heterocycles. The summed E-state index contributed by atoms with van der Waals surface area (Å²) in [6, 6.07) is 0. The van der Waals surface area contributed by atoms with Crippen molar-refractivity contribution in [1.82, 2.24) is 0 Å². The molecule has 2 heteroatoms. The van der Waals surface area contributed by atoms with Gasteiger partial charge in [-0.15, -0.1) is 0 Å². The largest absolute Gasteiger partial charge is 0.375 e. The molecule has 6 atom stereocenters. The van der Waals surface area contributed by atoms with Gasteiger partial charge in [-0.1, -0.05) is 27.7 Å². The van der Waals surface area contributed by atoms with Gasteiger partial charge in [0.1, 0.15) is 0 Å². The van der Waals surface area contributed by atoms with E-state index >= 15 is 0 Å². The SMILES string of the molecule is CC1CCC(OC2CCC(C3CCC(OC4CCC(C)C(C)C4)CC3)CC2)CC1C. The summed E-state index contributed by atoms with van der Waals surface area (Å²) in [5.74, 6) is 5.41. The molecule has 4 aliphatic rings. The summed E-state index contributed by atoms with van der Waals surface area (Å²) >= 11 is 0. The highest BCUT2D eigenvalue weighted by Crippen LogP contribution is 2.42. The Bertz CT molecular complexity index is 457. The van der Waals surface area contributed by atoms with E-state index in [0.717, 1.165) is 35.5 Å². The first kappa shape index (κ1) is 23.1. The van der Waals surface area contributed by atoms with Crippen LogP contribution in [0.4, 0.5) is 0 Å². The van der Waals surface area contributed by atoms with Crippen molar-refractivity contribution in [2.45, 2.75) is 142 Å². The topological polar surface area (TPSA) is 18.5 Å². The van der Waals surface area contributed by atoms with Crippen molar-refractivity contribution in [3.8, 4) is 0 Å². The van der Waals surface area contributed by atoms with Crippen LogP contribution in [0.3, 0.4) is 0 Å². The van der Waals surface area contributed by atoms with Crippen LogP contribution in [0.2, 0.25) is 0 Å². The lowest BCUT2D eigenvalue weighted by Crippen LogP contribution is -2.35. The van der Waals surface area contributed by atoms with Crippen LogP contribution in [0.15, 0.2) is 0 Å². The van der Waals surface area contributed by atoms with E-state index in [-0.39, 0.29) is 0 Å². The first-order valence-corrected chi connectivity index (χ1v) is 13.8. The molecule has 0 radical (unpaired) electrons. The third-order valence-corrected chi connectivity index (χ3v) is 9.97. The van der Waals surface area contributed by atoms with E-state index in [2.05, 4.69) is 27.7 Å². The predicted molar refractivity (Wildman–Crippen MR) is 126 cm³/mol. The first-order chi connectivity index (χ1) is 14.5. The molecule has 0 aliphatic heterocycles. The highest BCUT2D eigenvalue weighted by molar-refractivity contribution is 4.85. The number of hydrogen-bond donors (Lipinski definition) is 0. The average molecular weight is 419 g/mol. The summed E-state index contributed by atoms with van der Waals surface area (Å²) < 4.78 is 13.2. The van der Waals surface area contributed by atoms with Gasteiger partial charge in [0.2, 0.25) is 0 Å². The van der Waals surface area contributed by atoms with Gasteiger partial charge in [-0.2, -0.15) is 0 Å². The molecule has 0 amide bonds. The minimum atomic E-state index is 0.552. The van der Waals surface area contributed by atoms with Gasteiger partial charge in [-0.3, -0.25) is 0 Å². The summed E-state index contributed by atoms with van der Waals surface area (Å²) in [6.07, 6.45) is 21.1. The van der Waals surface area contributed by atoms with Gasteiger partial charge in [-0.05, 0) is 125 Å². The van der Waals surface area contributed by atoms with Crippen LogP contribution in [0.1, 0.15) is 118 Å². The highest BCUT2D eigenvalue weighted by Gasteiger charge is 2.34. The number of ether oxygens (including phenoxy) is 2. The number of hydrogen-bond acceptors (Lipinski definition) is 2. The Labute approximate surface area is 187 Å². The standard InChI is InChI=1S/C28H50O2/c1-19-5-11-27(17-21(19)3)29-25-13-7-23(8-14-25)24-9-15-26(16-10-24)30-28-12-6-20(2)22(4)18-28/h19-28H,5-18H2,1-4H3. The Hall–Kier alpha value is -0.0800. The molecule has 4 aliphatic carbocycles.